The molecule has 1 amide bonds. The average Bonchev–Trinajstić information content (AvgIpc) is 3.10. The number of anilines is 1. The number of rotatable bonds is 8. The zero-order valence-corrected chi connectivity index (χ0v) is 19.1. The third kappa shape index (κ3) is 5.75. The van der Waals surface area contributed by atoms with Crippen LogP contribution in [0.3, 0.4) is 0 Å². The van der Waals surface area contributed by atoms with Crippen LogP contribution in [0.4, 0.5) is 9.52 Å². The van der Waals surface area contributed by atoms with E-state index in [1.807, 2.05) is 19.0 Å². The highest BCUT2D eigenvalue weighted by molar-refractivity contribution is 7.92. The molecule has 0 aliphatic carbocycles. The Morgan fingerprint density at radius 1 is 1.07 bits per heavy atom. The van der Waals surface area contributed by atoms with E-state index >= 15 is 0 Å². The largest absolute Gasteiger partial charge is 0.309 e. The molecule has 30 heavy (non-hydrogen) atoms. The van der Waals surface area contributed by atoms with Crippen molar-refractivity contribution in [2.75, 3.05) is 37.8 Å². The maximum absolute atomic E-state index is 14.1. The van der Waals surface area contributed by atoms with E-state index in [4.69, 9.17) is 0 Å². The molecule has 162 valence electrons. The molecule has 0 unspecified atom stereocenters. The van der Waals surface area contributed by atoms with E-state index in [2.05, 4.69) is 4.98 Å². The minimum Gasteiger partial charge on any atom is -0.309 e. The van der Waals surface area contributed by atoms with Gasteiger partial charge in [0.05, 0.1) is 9.60 Å². The molecular weight excluding hydrogens is 449 g/mol. The Hall–Kier alpha value is -2.07. The Balaban J connectivity index is 0.00000320. The van der Waals surface area contributed by atoms with Gasteiger partial charge in [0.15, 0.2) is 15.0 Å². The van der Waals surface area contributed by atoms with Gasteiger partial charge in [-0.3, -0.25) is 9.69 Å². The fraction of sp³-hybridized carbons (Fsp3) is 0.300. The smallest absolute Gasteiger partial charge is 0.244 e. The molecule has 0 aliphatic rings. The van der Waals surface area contributed by atoms with Gasteiger partial charge in [0, 0.05) is 6.54 Å². The van der Waals surface area contributed by atoms with E-state index in [0.717, 1.165) is 0 Å². The number of nitrogens with zero attached hydrogens (tertiary/aromatic N) is 3. The van der Waals surface area contributed by atoms with Crippen LogP contribution in [-0.4, -0.2) is 57.1 Å². The average molecular weight is 472 g/mol. The summed E-state index contributed by atoms with van der Waals surface area (Å²) in [6.45, 7) is 1.01. The first kappa shape index (κ1) is 24.2. The fourth-order valence-electron chi connectivity index (χ4n) is 2.84. The SMILES string of the molecule is CN(C)CCCN(C(=O)CS(=O)(=O)c1ccccc1)c1nc2c(F)cccc2s1.Cl. The molecule has 0 fully saturated rings. The van der Waals surface area contributed by atoms with Gasteiger partial charge in [-0.1, -0.05) is 35.6 Å². The van der Waals surface area contributed by atoms with Crippen LogP contribution in [0.5, 0.6) is 0 Å². The highest BCUT2D eigenvalue weighted by Crippen LogP contribution is 2.30. The molecule has 0 saturated carbocycles. The number of thiazole rings is 1. The molecule has 1 aromatic heterocycles. The summed E-state index contributed by atoms with van der Waals surface area (Å²) in [5.74, 6) is -1.72. The minimum atomic E-state index is -3.79. The molecular formula is C20H23ClFN3O3S2. The number of hydrogen-bond acceptors (Lipinski definition) is 6. The molecule has 0 atom stereocenters. The molecule has 0 saturated heterocycles. The molecule has 0 bridgehead atoms. The molecule has 3 aromatic rings. The van der Waals surface area contributed by atoms with Crippen molar-refractivity contribution in [3.05, 3.63) is 54.3 Å². The lowest BCUT2D eigenvalue weighted by Crippen LogP contribution is -2.37. The summed E-state index contributed by atoms with van der Waals surface area (Å²) in [4.78, 5) is 20.7. The summed E-state index contributed by atoms with van der Waals surface area (Å²) >= 11 is 1.17. The van der Waals surface area contributed by atoms with Crippen LogP contribution in [0.15, 0.2) is 53.4 Å². The van der Waals surface area contributed by atoms with E-state index in [1.54, 1.807) is 30.3 Å². The van der Waals surface area contributed by atoms with Gasteiger partial charge in [-0.25, -0.2) is 17.8 Å². The van der Waals surface area contributed by atoms with E-state index in [-0.39, 0.29) is 22.8 Å². The fourth-order valence-corrected chi connectivity index (χ4v) is 5.09. The number of carbonyl (C=O) groups is 1. The number of fused-ring (bicyclic) bond motifs is 1. The molecule has 0 radical (unpaired) electrons. The lowest BCUT2D eigenvalue weighted by atomic mass is 10.3. The van der Waals surface area contributed by atoms with Gasteiger partial charge in [-0.05, 0) is 51.3 Å². The summed E-state index contributed by atoms with van der Waals surface area (Å²) in [7, 11) is 0.0405. The first-order valence-corrected chi connectivity index (χ1v) is 11.5. The number of benzene rings is 2. The van der Waals surface area contributed by atoms with Crippen molar-refractivity contribution in [3.8, 4) is 0 Å². The van der Waals surface area contributed by atoms with Crippen molar-refractivity contribution < 1.29 is 17.6 Å². The molecule has 3 rings (SSSR count). The van der Waals surface area contributed by atoms with Crippen LogP contribution in [-0.2, 0) is 14.6 Å². The van der Waals surface area contributed by atoms with E-state index in [1.165, 1.54) is 34.4 Å². The number of para-hydroxylation sites is 1. The van der Waals surface area contributed by atoms with Gasteiger partial charge in [0.25, 0.3) is 0 Å². The normalized spacial score (nSPS) is 11.5. The van der Waals surface area contributed by atoms with Crippen molar-refractivity contribution in [2.24, 2.45) is 0 Å². The number of sulfone groups is 1. The second kappa shape index (κ2) is 10.3. The van der Waals surface area contributed by atoms with Crippen molar-refractivity contribution in [3.63, 3.8) is 0 Å². The van der Waals surface area contributed by atoms with Gasteiger partial charge in [-0.15, -0.1) is 12.4 Å². The van der Waals surface area contributed by atoms with Crippen LogP contribution >= 0.6 is 23.7 Å². The van der Waals surface area contributed by atoms with Crippen LogP contribution in [0.1, 0.15) is 6.42 Å². The summed E-state index contributed by atoms with van der Waals surface area (Å²) in [6, 6.07) is 12.5. The summed E-state index contributed by atoms with van der Waals surface area (Å²) in [5.41, 5.74) is 0.184. The second-order valence-electron chi connectivity index (χ2n) is 6.86. The third-order valence-electron chi connectivity index (χ3n) is 4.29. The Morgan fingerprint density at radius 3 is 2.40 bits per heavy atom. The first-order chi connectivity index (χ1) is 13.8. The van der Waals surface area contributed by atoms with E-state index in [0.29, 0.717) is 29.3 Å². The molecule has 0 spiro atoms. The van der Waals surface area contributed by atoms with Crippen molar-refractivity contribution in [1.82, 2.24) is 9.88 Å². The van der Waals surface area contributed by atoms with Gasteiger partial charge < -0.3 is 4.90 Å². The number of aromatic nitrogens is 1. The summed E-state index contributed by atoms with van der Waals surface area (Å²) in [6.07, 6.45) is 0.628. The second-order valence-corrected chi connectivity index (χ2v) is 9.86. The number of carbonyl (C=O) groups excluding carboxylic acids is 1. The lowest BCUT2D eigenvalue weighted by Gasteiger charge is -2.21. The minimum absolute atomic E-state index is 0. The summed E-state index contributed by atoms with van der Waals surface area (Å²) in [5, 5.41) is 0.303. The Morgan fingerprint density at radius 2 is 1.77 bits per heavy atom. The topological polar surface area (TPSA) is 70.6 Å². The van der Waals surface area contributed by atoms with Crippen LogP contribution in [0.25, 0.3) is 10.2 Å². The third-order valence-corrected chi connectivity index (χ3v) is 6.95. The van der Waals surface area contributed by atoms with Gasteiger partial charge >= 0.3 is 0 Å². The quantitative estimate of drug-likeness (QED) is 0.502. The van der Waals surface area contributed by atoms with Crippen LogP contribution in [0.2, 0.25) is 0 Å². The molecule has 0 N–H and O–H groups in total. The number of amides is 1. The zero-order chi connectivity index (χ0) is 21.0. The van der Waals surface area contributed by atoms with Gasteiger partial charge in [-0.2, -0.15) is 0 Å². The van der Waals surface area contributed by atoms with Crippen molar-refractivity contribution >= 4 is 54.8 Å². The summed E-state index contributed by atoms with van der Waals surface area (Å²) < 4.78 is 40.0. The monoisotopic (exact) mass is 471 g/mol. The van der Waals surface area contributed by atoms with Crippen molar-refractivity contribution in [1.29, 1.82) is 0 Å². The Labute approximate surface area is 185 Å². The lowest BCUT2D eigenvalue weighted by molar-refractivity contribution is -0.116. The molecule has 2 aromatic carbocycles. The van der Waals surface area contributed by atoms with Gasteiger partial charge in [0.2, 0.25) is 5.91 Å². The first-order valence-electron chi connectivity index (χ1n) is 9.06. The van der Waals surface area contributed by atoms with Gasteiger partial charge in [0.1, 0.15) is 17.1 Å². The van der Waals surface area contributed by atoms with Crippen LogP contribution < -0.4 is 4.90 Å². The standard InChI is InChI=1S/C20H22FN3O3S2.ClH/c1-23(2)12-7-13-24(20-22-19-16(21)10-6-11-17(19)28-20)18(25)14-29(26,27)15-8-4-3-5-9-15;/h3-6,8-11H,7,12-14H2,1-2H3;1H. The highest BCUT2D eigenvalue weighted by atomic mass is 35.5. The molecule has 10 heteroatoms. The zero-order valence-electron chi connectivity index (χ0n) is 16.6. The highest BCUT2D eigenvalue weighted by Gasteiger charge is 2.26. The molecule has 1 heterocycles. The Bertz CT molecular complexity index is 1100. The maximum Gasteiger partial charge on any atom is 0.244 e. The van der Waals surface area contributed by atoms with E-state index < -0.39 is 27.3 Å². The maximum atomic E-state index is 14.1. The van der Waals surface area contributed by atoms with E-state index in [9.17, 15) is 17.6 Å². The predicted molar refractivity (Wildman–Crippen MR) is 121 cm³/mol. The predicted octanol–water partition coefficient (Wildman–Crippen LogP) is 3.62. The Kier molecular flexibility index (Phi) is 8.31. The molecule has 6 nitrogen and oxygen atoms in total. The van der Waals surface area contributed by atoms with Crippen LogP contribution in [0, 0.1) is 5.82 Å². The number of halogens is 2. The van der Waals surface area contributed by atoms with Crippen molar-refractivity contribution in [2.45, 2.75) is 11.3 Å². The number of hydrogen-bond donors (Lipinski definition) is 0. The molecule has 0 aliphatic heterocycles.